The molecule has 0 aliphatic rings. The first-order valence-corrected chi connectivity index (χ1v) is 10.9. The third-order valence-corrected chi connectivity index (χ3v) is 5.43. The van der Waals surface area contributed by atoms with E-state index in [0.29, 0.717) is 23.4 Å². The summed E-state index contributed by atoms with van der Waals surface area (Å²) in [6, 6.07) is 10.2. The van der Waals surface area contributed by atoms with Gasteiger partial charge in [-0.1, -0.05) is 18.2 Å². The molecule has 0 saturated carbocycles. The van der Waals surface area contributed by atoms with Gasteiger partial charge in [0.2, 0.25) is 0 Å². The van der Waals surface area contributed by atoms with Crippen LogP contribution in [0.3, 0.4) is 0 Å². The molecule has 0 amide bonds. The lowest BCUT2D eigenvalue weighted by atomic mass is 10.1. The van der Waals surface area contributed by atoms with Crippen LogP contribution in [0.5, 0.6) is 0 Å². The first kappa shape index (κ1) is 17.8. The Labute approximate surface area is 160 Å². The Morgan fingerprint density at radius 3 is 2.85 bits per heavy atom. The monoisotopic (exact) mass is 380 g/mol. The Kier molecular flexibility index (Phi) is 4.96. The summed E-state index contributed by atoms with van der Waals surface area (Å²) >= 11 is 0. The molecule has 1 aromatic carbocycles. The highest BCUT2D eigenvalue weighted by Gasteiger charge is 2.16. The number of hydrogen-bond donors (Lipinski definition) is 1. The van der Waals surface area contributed by atoms with Crippen molar-refractivity contribution in [2.24, 2.45) is 0 Å². The second kappa shape index (κ2) is 7.54. The summed E-state index contributed by atoms with van der Waals surface area (Å²) in [4.78, 5) is 13.2. The van der Waals surface area contributed by atoms with Gasteiger partial charge in [-0.3, -0.25) is 4.98 Å². The number of pyridine rings is 1. The van der Waals surface area contributed by atoms with Gasteiger partial charge in [0.1, 0.15) is 30.3 Å². The summed E-state index contributed by atoms with van der Waals surface area (Å²) in [5, 5.41) is 1.92. The van der Waals surface area contributed by atoms with E-state index >= 15 is 0 Å². The van der Waals surface area contributed by atoms with Gasteiger partial charge < -0.3 is 15.0 Å². The fourth-order valence-electron chi connectivity index (χ4n) is 3.07. The largest absolute Gasteiger partial charge is 0.383 e. The van der Waals surface area contributed by atoms with Crippen LogP contribution in [-0.4, -0.2) is 44.4 Å². The number of hydrogen-bond acceptors (Lipinski definition) is 5. The molecule has 0 unspecified atom stereocenters. The number of rotatable bonds is 6. The fourth-order valence-corrected chi connectivity index (χ4v) is 3.52. The Bertz CT molecular complexity index is 1090. The van der Waals surface area contributed by atoms with Gasteiger partial charge in [0, 0.05) is 28.9 Å². The lowest BCUT2D eigenvalue weighted by Gasteiger charge is -2.05. The molecule has 4 rings (SSSR count). The Balaban J connectivity index is 1.75. The lowest BCUT2D eigenvalue weighted by molar-refractivity contribution is 0.0925. The average Bonchev–Trinajstić information content (AvgIpc) is 3.05. The molecule has 0 atom stereocenters. The van der Waals surface area contributed by atoms with Crippen LogP contribution in [0.2, 0.25) is 0 Å². The van der Waals surface area contributed by atoms with Gasteiger partial charge in [0.25, 0.3) is 0 Å². The Hall–Kier alpha value is -2.64. The van der Waals surface area contributed by atoms with Crippen molar-refractivity contribution in [1.29, 1.82) is 0 Å². The van der Waals surface area contributed by atoms with E-state index in [1.807, 2.05) is 35.2 Å². The first-order valence-electron chi connectivity index (χ1n) is 8.70. The topological polar surface area (TPSA) is 78.9 Å². The van der Waals surface area contributed by atoms with Crippen molar-refractivity contribution in [3.05, 3.63) is 49.1 Å². The number of nitrogens with zero attached hydrogens (tertiary/aromatic N) is 4. The molecule has 138 valence electrons. The van der Waals surface area contributed by atoms with Crippen LogP contribution >= 0.6 is 0 Å². The maximum Gasteiger partial charge on any atom is 0.148 e. The Morgan fingerprint density at radius 2 is 2.00 bits per heavy atom. The maximum atomic E-state index is 6.19. The van der Waals surface area contributed by atoms with Gasteiger partial charge in [0.05, 0.1) is 30.0 Å². The van der Waals surface area contributed by atoms with Crippen molar-refractivity contribution in [2.45, 2.75) is 6.73 Å². The zero-order valence-electron chi connectivity index (χ0n) is 15.4. The van der Waals surface area contributed by atoms with Crippen LogP contribution in [0, 0.1) is 0 Å². The van der Waals surface area contributed by atoms with Crippen molar-refractivity contribution in [2.75, 3.05) is 30.6 Å². The zero-order chi connectivity index (χ0) is 18.8. The van der Waals surface area contributed by atoms with E-state index in [-0.39, 0.29) is 0 Å². The average molecular weight is 380 g/mol. The minimum absolute atomic E-state index is 0.370. The van der Waals surface area contributed by atoms with E-state index in [0.717, 1.165) is 45.4 Å². The molecule has 0 fully saturated rings. The maximum absolute atomic E-state index is 6.19. The fraction of sp³-hybridized carbons (Fsp3) is 0.250. The third kappa shape index (κ3) is 3.61. The minimum atomic E-state index is 0.370. The van der Waals surface area contributed by atoms with Gasteiger partial charge in [-0.25, -0.2) is 9.97 Å². The van der Waals surface area contributed by atoms with E-state index in [2.05, 4.69) is 39.6 Å². The summed E-state index contributed by atoms with van der Waals surface area (Å²) in [6.45, 7) is 1.16. The molecule has 27 heavy (non-hydrogen) atoms. The highest BCUT2D eigenvalue weighted by molar-refractivity contribution is 7.95. The van der Waals surface area contributed by atoms with Crippen molar-refractivity contribution < 1.29 is 4.74 Å². The predicted octanol–water partition coefficient (Wildman–Crippen LogP) is 3.08. The van der Waals surface area contributed by atoms with Crippen LogP contribution in [0.25, 0.3) is 33.1 Å². The SMILES string of the molecule is C[S+](C)CCOCn1cc(-c2cnc3ccccc3c2)c2c(N)ncnc21. The predicted molar refractivity (Wildman–Crippen MR) is 113 cm³/mol. The molecule has 0 radical (unpaired) electrons. The summed E-state index contributed by atoms with van der Waals surface area (Å²) in [5.74, 6) is 1.52. The van der Waals surface area contributed by atoms with E-state index in [1.165, 1.54) is 6.33 Å². The normalized spacial score (nSPS) is 11.7. The summed E-state index contributed by atoms with van der Waals surface area (Å²) < 4.78 is 7.84. The number of aromatic nitrogens is 4. The number of para-hydroxylation sites is 1. The molecule has 0 saturated heterocycles. The molecular weight excluding hydrogens is 358 g/mol. The van der Waals surface area contributed by atoms with Crippen molar-refractivity contribution in [1.82, 2.24) is 19.5 Å². The minimum Gasteiger partial charge on any atom is -0.383 e. The number of fused-ring (bicyclic) bond motifs is 2. The van der Waals surface area contributed by atoms with Crippen molar-refractivity contribution in [3.63, 3.8) is 0 Å². The Morgan fingerprint density at radius 1 is 1.15 bits per heavy atom. The molecular formula is C20H22N5OS+. The van der Waals surface area contributed by atoms with Crippen molar-refractivity contribution >= 4 is 38.6 Å². The quantitative estimate of drug-likeness (QED) is 0.411. The first-order chi connectivity index (χ1) is 13.1. The van der Waals surface area contributed by atoms with Crippen molar-refractivity contribution in [3.8, 4) is 11.1 Å². The van der Waals surface area contributed by atoms with E-state index in [9.17, 15) is 0 Å². The zero-order valence-corrected chi connectivity index (χ0v) is 16.2. The van der Waals surface area contributed by atoms with Crippen LogP contribution < -0.4 is 5.73 Å². The standard InChI is InChI=1S/C20H22N5OS/c1-27(2)8-7-26-13-25-11-16(18-19(21)23-12-24-20(18)25)15-9-14-5-3-4-6-17(14)22-10-15/h3-6,9-12H,7-8,13H2,1-2H3,(H2,21,23,24)/q+1. The number of benzene rings is 1. The number of nitrogen functional groups attached to an aromatic ring is 1. The van der Waals surface area contributed by atoms with Gasteiger partial charge >= 0.3 is 0 Å². The van der Waals surface area contributed by atoms with E-state index in [1.54, 1.807) is 0 Å². The second-order valence-corrected chi connectivity index (χ2v) is 8.99. The lowest BCUT2D eigenvalue weighted by Crippen LogP contribution is -2.11. The molecule has 4 aromatic rings. The van der Waals surface area contributed by atoms with E-state index < -0.39 is 0 Å². The van der Waals surface area contributed by atoms with Crippen LogP contribution in [0.15, 0.2) is 49.1 Å². The molecule has 0 aliphatic carbocycles. The van der Waals surface area contributed by atoms with Crippen LogP contribution in [-0.2, 0) is 22.4 Å². The molecule has 7 heteroatoms. The van der Waals surface area contributed by atoms with Gasteiger partial charge in [-0.2, -0.15) is 0 Å². The van der Waals surface area contributed by atoms with Gasteiger partial charge in [-0.15, -0.1) is 0 Å². The van der Waals surface area contributed by atoms with Crippen LogP contribution in [0.1, 0.15) is 0 Å². The molecule has 2 N–H and O–H groups in total. The molecule has 3 aromatic heterocycles. The van der Waals surface area contributed by atoms with Gasteiger partial charge in [0.15, 0.2) is 0 Å². The van der Waals surface area contributed by atoms with E-state index in [4.69, 9.17) is 10.5 Å². The molecule has 0 aliphatic heterocycles. The summed E-state index contributed by atoms with van der Waals surface area (Å²) in [5.41, 5.74) is 9.89. The second-order valence-electron chi connectivity index (χ2n) is 6.61. The molecule has 0 spiro atoms. The molecule has 3 heterocycles. The highest BCUT2D eigenvalue weighted by Crippen LogP contribution is 2.33. The third-order valence-electron chi connectivity index (χ3n) is 4.45. The van der Waals surface area contributed by atoms with Gasteiger partial charge in [-0.05, 0) is 23.0 Å². The number of anilines is 1. The van der Waals surface area contributed by atoms with Crippen LogP contribution in [0.4, 0.5) is 5.82 Å². The molecule has 0 bridgehead atoms. The smallest absolute Gasteiger partial charge is 0.148 e. The summed E-state index contributed by atoms with van der Waals surface area (Å²) in [6.07, 6.45) is 9.82. The number of nitrogens with two attached hydrogens (primary N) is 1. The summed E-state index contributed by atoms with van der Waals surface area (Å²) in [7, 11) is 0.370. The molecule has 6 nitrogen and oxygen atoms in total. The highest BCUT2D eigenvalue weighted by atomic mass is 32.2. The number of ether oxygens (including phenoxy) is 1.